The van der Waals surface area contributed by atoms with Crippen molar-refractivity contribution in [3.05, 3.63) is 45.7 Å². The Bertz CT molecular complexity index is 637. The van der Waals surface area contributed by atoms with Crippen LogP contribution < -0.4 is 10.1 Å². The van der Waals surface area contributed by atoms with Gasteiger partial charge >= 0.3 is 0 Å². The lowest BCUT2D eigenvalue weighted by molar-refractivity contribution is 0.293. The van der Waals surface area contributed by atoms with Gasteiger partial charge in [-0.3, -0.25) is 4.68 Å². The van der Waals surface area contributed by atoms with Crippen LogP contribution >= 0.6 is 11.6 Å². The summed E-state index contributed by atoms with van der Waals surface area (Å²) in [6, 6.07) is 6.56. The van der Waals surface area contributed by atoms with Gasteiger partial charge < -0.3 is 10.1 Å². The van der Waals surface area contributed by atoms with Crippen LogP contribution in [0.25, 0.3) is 0 Å². The number of nitrogens with one attached hydrogen (secondary N) is 1. The van der Waals surface area contributed by atoms with Crippen molar-refractivity contribution in [1.29, 1.82) is 0 Å². The number of nitrogens with zero attached hydrogens (tertiary/aromatic N) is 2. The van der Waals surface area contributed by atoms with Crippen molar-refractivity contribution >= 4 is 11.6 Å². The quantitative estimate of drug-likeness (QED) is 0.918. The van der Waals surface area contributed by atoms with Crippen LogP contribution in [-0.2, 0) is 13.7 Å². The van der Waals surface area contributed by atoms with E-state index in [0.29, 0.717) is 17.7 Å². The maximum atomic E-state index is 6.23. The first-order valence-corrected chi connectivity index (χ1v) is 7.40. The molecule has 0 saturated carbocycles. The lowest BCUT2D eigenvalue weighted by Gasteiger charge is -2.14. The van der Waals surface area contributed by atoms with Crippen LogP contribution in [0.2, 0.25) is 5.02 Å². The molecule has 0 aliphatic rings. The number of aryl methyl sites for hydroxylation is 3. The van der Waals surface area contributed by atoms with Crippen LogP contribution in [0.4, 0.5) is 0 Å². The molecular weight excluding hydrogens is 286 g/mol. The van der Waals surface area contributed by atoms with Gasteiger partial charge in [-0.05, 0) is 45.0 Å². The minimum absolute atomic E-state index is 0.326. The molecule has 1 heterocycles. The van der Waals surface area contributed by atoms with Gasteiger partial charge in [0.05, 0.1) is 16.4 Å². The molecule has 5 heteroatoms. The molecule has 0 radical (unpaired) electrons. The van der Waals surface area contributed by atoms with Crippen LogP contribution in [0.15, 0.2) is 18.2 Å². The van der Waals surface area contributed by atoms with E-state index in [1.165, 1.54) is 5.56 Å². The zero-order valence-corrected chi connectivity index (χ0v) is 14.0. The van der Waals surface area contributed by atoms with Crippen LogP contribution in [0, 0.1) is 13.8 Å². The maximum absolute atomic E-state index is 6.23. The van der Waals surface area contributed by atoms with Gasteiger partial charge in [-0.25, -0.2) is 0 Å². The Morgan fingerprint density at radius 3 is 2.62 bits per heavy atom. The van der Waals surface area contributed by atoms with E-state index in [-0.39, 0.29) is 0 Å². The van der Waals surface area contributed by atoms with E-state index in [4.69, 9.17) is 16.3 Å². The Morgan fingerprint density at radius 1 is 1.38 bits per heavy atom. The summed E-state index contributed by atoms with van der Waals surface area (Å²) in [5.41, 5.74) is 4.08. The monoisotopic (exact) mass is 307 g/mol. The molecule has 4 nitrogen and oxygen atoms in total. The lowest BCUT2D eigenvalue weighted by atomic mass is 10.1. The van der Waals surface area contributed by atoms with E-state index in [1.54, 1.807) is 4.68 Å². The molecule has 0 aliphatic carbocycles. The summed E-state index contributed by atoms with van der Waals surface area (Å²) >= 11 is 6.23. The fraction of sp³-hybridized carbons (Fsp3) is 0.438. The highest BCUT2D eigenvalue weighted by molar-refractivity contribution is 6.31. The number of benzene rings is 1. The predicted octanol–water partition coefficient (Wildman–Crippen LogP) is 3.55. The van der Waals surface area contributed by atoms with Crippen LogP contribution in [0.1, 0.15) is 35.5 Å². The molecule has 0 aliphatic heterocycles. The highest BCUT2D eigenvalue weighted by Gasteiger charge is 2.12. The van der Waals surface area contributed by atoms with Crippen molar-refractivity contribution < 1.29 is 4.74 Å². The fourth-order valence-corrected chi connectivity index (χ4v) is 2.47. The average Bonchev–Trinajstić information content (AvgIpc) is 2.70. The Morgan fingerprint density at radius 2 is 2.10 bits per heavy atom. The van der Waals surface area contributed by atoms with Gasteiger partial charge in [0, 0.05) is 13.1 Å². The third kappa shape index (κ3) is 3.39. The number of hydrogen-bond acceptors (Lipinski definition) is 3. The Balaban J connectivity index is 2.13. The molecule has 0 bridgehead atoms. The topological polar surface area (TPSA) is 39.1 Å². The van der Waals surface area contributed by atoms with Gasteiger partial charge in [-0.15, -0.1) is 0 Å². The molecule has 0 saturated heterocycles. The van der Waals surface area contributed by atoms with Crippen LogP contribution in [0.3, 0.4) is 0 Å². The van der Waals surface area contributed by atoms with Gasteiger partial charge in [0.1, 0.15) is 12.4 Å². The van der Waals surface area contributed by atoms with E-state index in [0.717, 1.165) is 22.7 Å². The molecule has 21 heavy (non-hydrogen) atoms. The van der Waals surface area contributed by atoms with Crippen molar-refractivity contribution in [2.45, 2.75) is 33.4 Å². The zero-order chi connectivity index (χ0) is 15.6. The molecule has 1 N–H and O–H groups in total. The molecule has 2 aromatic rings. The molecule has 114 valence electrons. The smallest absolute Gasteiger partial charge is 0.131 e. The van der Waals surface area contributed by atoms with Crippen molar-refractivity contribution in [2.75, 3.05) is 7.05 Å². The highest BCUT2D eigenvalue weighted by atomic mass is 35.5. The largest absolute Gasteiger partial charge is 0.487 e. The Labute approximate surface area is 131 Å². The van der Waals surface area contributed by atoms with Crippen molar-refractivity contribution in [3.8, 4) is 5.75 Å². The molecule has 1 atom stereocenters. The number of ether oxygens (including phenoxy) is 1. The van der Waals surface area contributed by atoms with E-state index in [2.05, 4.69) is 36.4 Å². The third-order valence-corrected chi connectivity index (χ3v) is 4.25. The first-order chi connectivity index (χ1) is 9.93. The standard InChI is InChI=1S/C16H22ClN3O/c1-10-8-13(11(2)18-4)6-7-15(10)21-9-14-16(17)12(3)19-20(14)5/h6-8,11,18H,9H2,1-5H3. The average molecular weight is 308 g/mol. The SMILES string of the molecule is CNC(C)c1ccc(OCc2c(Cl)c(C)nn2C)c(C)c1. The summed E-state index contributed by atoms with van der Waals surface area (Å²) < 4.78 is 7.67. The fourth-order valence-electron chi connectivity index (χ4n) is 2.25. The second kappa shape index (κ2) is 6.50. The molecule has 0 fully saturated rings. The first kappa shape index (κ1) is 15.9. The van der Waals surface area contributed by atoms with Gasteiger partial charge in [0.25, 0.3) is 0 Å². The van der Waals surface area contributed by atoms with Crippen molar-refractivity contribution in [1.82, 2.24) is 15.1 Å². The molecule has 0 amide bonds. The van der Waals surface area contributed by atoms with Gasteiger partial charge in [0.2, 0.25) is 0 Å². The summed E-state index contributed by atoms with van der Waals surface area (Å²) in [6.45, 7) is 6.49. The van der Waals surface area contributed by atoms with E-state index in [9.17, 15) is 0 Å². The minimum atomic E-state index is 0.326. The second-order valence-electron chi connectivity index (χ2n) is 5.29. The number of aromatic nitrogens is 2. The molecule has 1 aromatic heterocycles. The van der Waals surface area contributed by atoms with Crippen LogP contribution in [-0.4, -0.2) is 16.8 Å². The van der Waals surface area contributed by atoms with E-state index < -0.39 is 0 Å². The summed E-state index contributed by atoms with van der Waals surface area (Å²) in [4.78, 5) is 0. The third-order valence-electron chi connectivity index (χ3n) is 3.76. The highest BCUT2D eigenvalue weighted by Crippen LogP contribution is 2.25. The number of halogens is 1. The summed E-state index contributed by atoms with van der Waals surface area (Å²) in [6.07, 6.45) is 0. The molecular formula is C16H22ClN3O. The van der Waals surface area contributed by atoms with Crippen molar-refractivity contribution in [3.63, 3.8) is 0 Å². The Kier molecular flexibility index (Phi) is 4.91. The lowest BCUT2D eigenvalue weighted by Crippen LogP contribution is -2.12. The predicted molar refractivity (Wildman–Crippen MR) is 85.9 cm³/mol. The Hall–Kier alpha value is -1.52. The van der Waals surface area contributed by atoms with Gasteiger partial charge in [-0.1, -0.05) is 23.7 Å². The van der Waals surface area contributed by atoms with Gasteiger partial charge in [-0.2, -0.15) is 5.10 Å². The second-order valence-corrected chi connectivity index (χ2v) is 5.67. The van der Waals surface area contributed by atoms with E-state index >= 15 is 0 Å². The summed E-state index contributed by atoms with van der Waals surface area (Å²) in [5, 5.41) is 8.20. The molecule has 2 rings (SSSR count). The summed E-state index contributed by atoms with van der Waals surface area (Å²) in [5.74, 6) is 0.872. The van der Waals surface area contributed by atoms with Crippen molar-refractivity contribution in [2.24, 2.45) is 7.05 Å². The number of hydrogen-bond donors (Lipinski definition) is 1. The van der Waals surface area contributed by atoms with Crippen LogP contribution in [0.5, 0.6) is 5.75 Å². The van der Waals surface area contributed by atoms with Gasteiger partial charge in [0.15, 0.2) is 0 Å². The summed E-state index contributed by atoms with van der Waals surface area (Å²) in [7, 11) is 3.83. The maximum Gasteiger partial charge on any atom is 0.131 e. The molecule has 1 unspecified atom stereocenters. The first-order valence-electron chi connectivity index (χ1n) is 7.02. The number of rotatable bonds is 5. The van der Waals surface area contributed by atoms with E-state index in [1.807, 2.05) is 27.1 Å². The minimum Gasteiger partial charge on any atom is -0.487 e. The molecule has 0 spiro atoms. The normalized spacial score (nSPS) is 12.5. The molecule has 1 aromatic carbocycles. The zero-order valence-electron chi connectivity index (χ0n) is 13.2.